The lowest BCUT2D eigenvalue weighted by Crippen LogP contribution is -2.38. The van der Waals surface area contributed by atoms with Gasteiger partial charge in [-0.2, -0.15) is 0 Å². The number of hydrogen-bond donors (Lipinski definition) is 2. The molecular weight excluding hydrogens is 218 g/mol. The van der Waals surface area contributed by atoms with E-state index in [9.17, 15) is 4.79 Å². The van der Waals surface area contributed by atoms with Gasteiger partial charge in [0, 0.05) is 25.2 Å². The molecule has 1 aliphatic rings. The molecule has 0 spiro atoms. The fraction of sp³-hybridized carbons (Fsp3) is 0.583. The molecule has 1 saturated heterocycles. The van der Waals surface area contributed by atoms with Crippen molar-refractivity contribution in [1.29, 1.82) is 0 Å². The van der Waals surface area contributed by atoms with Gasteiger partial charge in [-0.25, -0.2) is 0 Å². The number of furan rings is 1. The van der Waals surface area contributed by atoms with E-state index in [1.807, 2.05) is 6.07 Å². The summed E-state index contributed by atoms with van der Waals surface area (Å²) in [6.45, 7) is 4.98. The molecule has 2 N–H and O–H groups in total. The Morgan fingerprint density at radius 3 is 3.24 bits per heavy atom. The van der Waals surface area contributed by atoms with E-state index < -0.39 is 0 Å². The molecule has 5 nitrogen and oxygen atoms in total. The van der Waals surface area contributed by atoms with Gasteiger partial charge < -0.3 is 15.1 Å². The lowest BCUT2D eigenvalue weighted by atomic mass is 10.3. The van der Waals surface area contributed by atoms with Crippen molar-refractivity contribution in [2.24, 2.45) is 0 Å². The molecule has 5 heteroatoms. The van der Waals surface area contributed by atoms with E-state index in [0.29, 0.717) is 13.1 Å². The molecule has 0 aliphatic carbocycles. The molecule has 1 fully saturated rings. The van der Waals surface area contributed by atoms with Gasteiger partial charge in [0.25, 0.3) is 0 Å². The normalized spacial score (nSPS) is 17.6. The molecular formula is C12H19N3O2. The second-order valence-corrected chi connectivity index (χ2v) is 4.29. The molecule has 17 heavy (non-hydrogen) atoms. The highest BCUT2D eigenvalue weighted by Crippen LogP contribution is 1.99. The highest BCUT2D eigenvalue weighted by Gasteiger charge is 2.12. The summed E-state index contributed by atoms with van der Waals surface area (Å²) in [7, 11) is 0. The maximum Gasteiger partial charge on any atom is 0.234 e. The molecule has 1 aliphatic heterocycles. The van der Waals surface area contributed by atoms with Gasteiger partial charge >= 0.3 is 0 Å². The topological polar surface area (TPSA) is 57.5 Å². The zero-order chi connectivity index (χ0) is 11.9. The van der Waals surface area contributed by atoms with Crippen molar-refractivity contribution in [1.82, 2.24) is 15.5 Å². The third kappa shape index (κ3) is 4.20. The molecule has 0 unspecified atom stereocenters. The molecule has 1 aromatic heterocycles. The first-order chi connectivity index (χ1) is 8.34. The van der Waals surface area contributed by atoms with Gasteiger partial charge in [-0.3, -0.25) is 9.69 Å². The summed E-state index contributed by atoms with van der Waals surface area (Å²) in [5, 5.41) is 6.21. The predicted octanol–water partition coefficient (Wildman–Crippen LogP) is 0.191. The number of amides is 1. The van der Waals surface area contributed by atoms with Gasteiger partial charge in [-0.15, -0.1) is 0 Å². The third-order valence-electron chi connectivity index (χ3n) is 2.87. The Bertz CT molecular complexity index is 330. The van der Waals surface area contributed by atoms with Crippen LogP contribution < -0.4 is 10.6 Å². The molecule has 2 heterocycles. The maximum atomic E-state index is 11.7. The van der Waals surface area contributed by atoms with Crippen molar-refractivity contribution < 1.29 is 9.21 Å². The Kier molecular flexibility index (Phi) is 4.58. The van der Waals surface area contributed by atoms with Crippen molar-refractivity contribution in [3.8, 4) is 0 Å². The van der Waals surface area contributed by atoms with Gasteiger partial charge in [0.1, 0.15) is 0 Å². The van der Waals surface area contributed by atoms with Gasteiger partial charge in [0.05, 0.1) is 19.1 Å². The largest absolute Gasteiger partial charge is 0.472 e. The number of rotatable bonds is 4. The molecule has 1 amide bonds. The minimum absolute atomic E-state index is 0.0769. The second kappa shape index (κ2) is 6.42. The van der Waals surface area contributed by atoms with Crippen molar-refractivity contribution in [2.45, 2.75) is 13.0 Å². The van der Waals surface area contributed by atoms with Crippen LogP contribution >= 0.6 is 0 Å². The summed E-state index contributed by atoms with van der Waals surface area (Å²) in [6.07, 6.45) is 4.37. The summed E-state index contributed by atoms with van der Waals surface area (Å²) in [6, 6.07) is 1.86. The first-order valence-corrected chi connectivity index (χ1v) is 6.05. The molecule has 0 bridgehead atoms. The van der Waals surface area contributed by atoms with Crippen LogP contribution in [0.2, 0.25) is 0 Å². The average molecular weight is 237 g/mol. The zero-order valence-corrected chi connectivity index (χ0v) is 9.95. The SMILES string of the molecule is O=C(CN1CCCNCC1)NCc1ccoc1. The fourth-order valence-electron chi connectivity index (χ4n) is 1.91. The lowest BCUT2D eigenvalue weighted by Gasteiger charge is -2.18. The van der Waals surface area contributed by atoms with Crippen LogP contribution in [-0.4, -0.2) is 43.5 Å². The van der Waals surface area contributed by atoms with Gasteiger partial charge in [0.2, 0.25) is 5.91 Å². The van der Waals surface area contributed by atoms with Crippen molar-refractivity contribution in [3.05, 3.63) is 24.2 Å². The summed E-state index contributed by atoms with van der Waals surface area (Å²) in [5.41, 5.74) is 0.996. The van der Waals surface area contributed by atoms with Gasteiger partial charge in [0.15, 0.2) is 0 Å². The fourth-order valence-corrected chi connectivity index (χ4v) is 1.91. The molecule has 0 atom stereocenters. The number of nitrogens with zero attached hydrogens (tertiary/aromatic N) is 1. The monoisotopic (exact) mass is 237 g/mol. The lowest BCUT2D eigenvalue weighted by molar-refractivity contribution is -0.122. The Labute approximate surface area is 101 Å². The minimum Gasteiger partial charge on any atom is -0.472 e. The summed E-state index contributed by atoms with van der Waals surface area (Å²) in [5.74, 6) is 0.0769. The predicted molar refractivity (Wildman–Crippen MR) is 64.5 cm³/mol. The Balaban J connectivity index is 1.69. The van der Waals surface area contributed by atoms with E-state index in [2.05, 4.69) is 15.5 Å². The van der Waals surface area contributed by atoms with Crippen LogP contribution in [0.4, 0.5) is 0 Å². The van der Waals surface area contributed by atoms with Crippen LogP contribution in [0.1, 0.15) is 12.0 Å². The number of carbonyl (C=O) groups is 1. The van der Waals surface area contributed by atoms with E-state index in [4.69, 9.17) is 4.42 Å². The molecule has 0 radical (unpaired) electrons. The van der Waals surface area contributed by atoms with Crippen LogP contribution in [0, 0.1) is 0 Å². The Morgan fingerprint density at radius 1 is 1.47 bits per heavy atom. The van der Waals surface area contributed by atoms with Crippen molar-refractivity contribution >= 4 is 5.91 Å². The summed E-state index contributed by atoms with van der Waals surface area (Å²) in [4.78, 5) is 13.9. The molecule has 2 rings (SSSR count). The third-order valence-corrected chi connectivity index (χ3v) is 2.87. The molecule has 0 saturated carbocycles. The van der Waals surface area contributed by atoms with E-state index in [1.54, 1.807) is 12.5 Å². The highest BCUT2D eigenvalue weighted by atomic mass is 16.3. The number of hydrogen-bond acceptors (Lipinski definition) is 4. The summed E-state index contributed by atoms with van der Waals surface area (Å²) < 4.78 is 4.94. The van der Waals surface area contributed by atoms with Crippen LogP contribution in [0.5, 0.6) is 0 Å². The van der Waals surface area contributed by atoms with Crippen LogP contribution in [-0.2, 0) is 11.3 Å². The van der Waals surface area contributed by atoms with Crippen LogP contribution in [0.25, 0.3) is 0 Å². The first-order valence-electron chi connectivity index (χ1n) is 6.05. The number of nitrogens with one attached hydrogen (secondary N) is 2. The smallest absolute Gasteiger partial charge is 0.234 e. The molecule has 1 aromatic rings. The standard InChI is InChI=1S/C12H19N3O2/c16-12(14-8-11-2-7-17-10-11)9-15-5-1-3-13-4-6-15/h2,7,10,13H,1,3-6,8-9H2,(H,14,16). The number of carbonyl (C=O) groups excluding carboxylic acids is 1. The minimum atomic E-state index is 0.0769. The van der Waals surface area contributed by atoms with Gasteiger partial charge in [-0.05, 0) is 25.6 Å². The zero-order valence-electron chi connectivity index (χ0n) is 9.95. The molecule has 0 aromatic carbocycles. The van der Waals surface area contributed by atoms with Crippen LogP contribution in [0.3, 0.4) is 0 Å². The highest BCUT2D eigenvalue weighted by molar-refractivity contribution is 5.77. The maximum absolute atomic E-state index is 11.7. The quantitative estimate of drug-likeness (QED) is 0.785. The van der Waals surface area contributed by atoms with Crippen molar-refractivity contribution in [3.63, 3.8) is 0 Å². The van der Waals surface area contributed by atoms with E-state index in [-0.39, 0.29) is 5.91 Å². The van der Waals surface area contributed by atoms with E-state index in [0.717, 1.165) is 38.2 Å². The second-order valence-electron chi connectivity index (χ2n) is 4.29. The van der Waals surface area contributed by atoms with Crippen molar-refractivity contribution in [2.75, 3.05) is 32.7 Å². The van der Waals surface area contributed by atoms with Crippen LogP contribution in [0.15, 0.2) is 23.0 Å². The Morgan fingerprint density at radius 2 is 2.41 bits per heavy atom. The first kappa shape index (κ1) is 12.1. The molecule has 94 valence electrons. The van der Waals surface area contributed by atoms with Gasteiger partial charge in [-0.1, -0.05) is 0 Å². The van der Waals surface area contributed by atoms with E-state index >= 15 is 0 Å². The summed E-state index contributed by atoms with van der Waals surface area (Å²) >= 11 is 0. The Hall–Kier alpha value is -1.33. The average Bonchev–Trinajstić information content (AvgIpc) is 2.72. The van der Waals surface area contributed by atoms with E-state index in [1.165, 1.54) is 0 Å².